The zero-order valence-electron chi connectivity index (χ0n) is 6.84. The van der Waals surface area contributed by atoms with Crippen LogP contribution in [0.3, 0.4) is 0 Å². The predicted octanol–water partition coefficient (Wildman–Crippen LogP) is 0.326. The van der Waals surface area contributed by atoms with E-state index in [-0.39, 0.29) is 0 Å². The van der Waals surface area contributed by atoms with Crippen LogP contribution in [0.2, 0.25) is 5.02 Å². The van der Waals surface area contributed by atoms with Crippen LogP contribution in [0.1, 0.15) is 5.69 Å². The lowest BCUT2D eigenvalue weighted by Gasteiger charge is -1.94. The van der Waals surface area contributed by atoms with E-state index in [0.717, 1.165) is 0 Å². The van der Waals surface area contributed by atoms with Crippen molar-refractivity contribution in [2.75, 3.05) is 7.05 Å². The molecule has 3 N–H and O–H groups in total. The molecule has 0 bridgehead atoms. The number of aromatic nitrogens is 2. The van der Waals surface area contributed by atoms with Gasteiger partial charge in [0.15, 0.2) is 0 Å². The van der Waals surface area contributed by atoms with E-state index in [4.69, 9.17) is 11.6 Å². The van der Waals surface area contributed by atoms with Crippen LogP contribution in [0.5, 0.6) is 0 Å². The molecule has 1 heterocycles. The van der Waals surface area contributed by atoms with Crippen molar-refractivity contribution in [3.63, 3.8) is 0 Å². The van der Waals surface area contributed by atoms with E-state index >= 15 is 0 Å². The molecular weight excluding hydrogens is 194 g/mol. The third-order valence-electron chi connectivity index (χ3n) is 1.21. The SMILES string of the molecule is CNC(=O)NN=Cc1[nH]ncc1Cl. The Bertz CT molecular complexity index is 321. The molecule has 0 spiro atoms. The van der Waals surface area contributed by atoms with Crippen LogP contribution in [0.15, 0.2) is 11.3 Å². The normalized spacial score (nSPS) is 10.3. The minimum atomic E-state index is -0.396. The number of hydrazone groups is 1. The van der Waals surface area contributed by atoms with E-state index in [2.05, 4.69) is 26.0 Å². The third kappa shape index (κ3) is 2.75. The third-order valence-corrected chi connectivity index (χ3v) is 1.51. The van der Waals surface area contributed by atoms with Crippen molar-refractivity contribution >= 4 is 23.8 Å². The number of H-pyrrole nitrogens is 1. The van der Waals surface area contributed by atoms with Gasteiger partial charge >= 0.3 is 6.03 Å². The molecule has 2 amide bonds. The van der Waals surface area contributed by atoms with Crippen LogP contribution in [0, 0.1) is 0 Å². The first-order valence-electron chi connectivity index (χ1n) is 3.43. The maximum Gasteiger partial charge on any atom is 0.334 e. The molecule has 0 aliphatic carbocycles. The second-order valence-electron chi connectivity index (χ2n) is 2.08. The fourth-order valence-corrected chi connectivity index (χ4v) is 0.723. The summed E-state index contributed by atoms with van der Waals surface area (Å²) >= 11 is 5.68. The van der Waals surface area contributed by atoms with Crippen LogP contribution >= 0.6 is 11.6 Å². The molecule has 7 heteroatoms. The number of rotatable bonds is 2. The summed E-state index contributed by atoms with van der Waals surface area (Å²) in [6.45, 7) is 0. The first kappa shape index (κ1) is 9.53. The Morgan fingerprint density at radius 3 is 3.15 bits per heavy atom. The minimum absolute atomic E-state index is 0.396. The molecule has 0 saturated heterocycles. The van der Waals surface area contributed by atoms with E-state index in [0.29, 0.717) is 10.7 Å². The quantitative estimate of drug-likeness (QED) is 0.476. The molecular formula is C6H8ClN5O. The molecule has 0 aliphatic rings. The number of hydrogen-bond donors (Lipinski definition) is 3. The summed E-state index contributed by atoms with van der Waals surface area (Å²) in [5, 5.41) is 12.6. The van der Waals surface area contributed by atoms with E-state index in [1.165, 1.54) is 19.5 Å². The molecule has 6 nitrogen and oxygen atoms in total. The van der Waals surface area contributed by atoms with Gasteiger partial charge in [-0.2, -0.15) is 10.2 Å². The summed E-state index contributed by atoms with van der Waals surface area (Å²) in [6, 6.07) is -0.396. The first-order valence-corrected chi connectivity index (χ1v) is 3.81. The maximum atomic E-state index is 10.6. The topological polar surface area (TPSA) is 82.2 Å². The second kappa shape index (κ2) is 4.46. The summed E-state index contributed by atoms with van der Waals surface area (Å²) in [4.78, 5) is 10.6. The number of amides is 2. The number of nitrogens with zero attached hydrogens (tertiary/aromatic N) is 2. The van der Waals surface area contributed by atoms with Crippen LogP contribution in [0.4, 0.5) is 4.79 Å². The number of nitrogens with one attached hydrogen (secondary N) is 3. The van der Waals surface area contributed by atoms with Gasteiger partial charge in [-0.3, -0.25) is 5.10 Å². The van der Waals surface area contributed by atoms with E-state index in [1.807, 2.05) is 0 Å². The fraction of sp³-hybridized carbons (Fsp3) is 0.167. The molecule has 1 aromatic heterocycles. The van der Waals surface area contributed by atoms with Crippen LogP contribution in [0.25, 0.3) is 0 Å². The van der Waals surface area contributed by atoms with Crippen molar-refractivity contribution in [3.05, 3.63) is 16.9 Å². The molecule has 13 heavy (non-hydrogen) atoms. The number of carbonyl (C=O) groups excluding carboxylic acids is 1. The Kier molecular flexibility index (Phi) is 3.27. The number of urea groups is 1. The van der Waals surface area contributed by atoms with Gasteiger partial charge < -0.3 is 5.32 Å². The zero-order valence-corrected chi connectivity index (χ0v) is 7.59. The van der Waals surface area contributed by atoms with Crippen molar-refractivity contribution in [2.45, 2.75) is 0 Å². The van der Waals surface area contributed by atoms with Crippen molar-refractivity contribution < 1.29 is 4.79 Å². The predicted molar refractivity (Wildman–Crippen MR) is 48.8 cm³/mol. The van der Waals surface area contributed by atoms with Crippen molar-refractivity contribution in [1.29, 1.82) is 0 Å². The first-order chi connectivity index (χ1) is 6.24. The van der Waals surface area contributed by atoms with Crippen molar-refractivity contribution in [3.8, 4) is 0 Å². The number of aromatic amines is 1. The molecule has 0 aliphatic heterocycles. The zero-order chi connectivity index (χ0) is 9.68. The molecule has 0 saturated carbocycles. The Morgan fingerprint density at radius 2 is 2.62 bits per heavy atom. The molecule has 0 aromatic carbocycles. The summed E-state index contributed by atoms with van der Waals surface area (Å²) in [6.07, 6.45) is 2.81. The average molecular weight is 202 g/mol. The van der Waals surface area contributed by atoms with E-state index in [9.17, 15) is 4.79 Å². The summed E-state index contributed by atoms with van der Waals surface area (Å²) in [5.41, 5.74) is 2.75. The van der Waals surface area contributed by atoms with Crippen LogP contribution < -0.4 is 10.7 Å². The molecule has 1 aromatic rings. The van der Waals surface area contributed by atoms with Gasteiger partial charge in [0.25, 0.3) is 0 Å². The molecule has 1 rings (SSSR count). The Morgan fingerprint density at radius 1 is 1.85 bits per heavy atom. The molecule has 70 valence electrons. The van der Waals surface area contributed by atoms with Gasteiger partial charge in [-0.25, -0.2) is 10.2 Å². The van der Waals surface area contributed by atoms with E-state index in [1.54, 1.807) is 0 Å². The summed E-state index contributed by atoms with van der Waals surface area (Å²) < 4.78 is 0. The minimum Gasteiger partial charge on any atom is -0.340 e. The molecule has 0 fully saturated rings. The van der Waals surface area contributed by atoms with Gasteiger partial charge in [-0.1, -0.05) is 11.6 Å². The lowest BCUT2D eigenvalue weighted by molar-refractivity contribution is 0.243. The van der Waals surface area contributed by atoms with Gasteiger partial charge in [-0.15, -0.1) is 0 Å². The Balaban J connectivity index is 2.50. The number of hydrogen-bond acceptors (Lipinski definition) is 3. The van der Waals surface area contributed by atoms with Gasteiger partial charge in [0.05, 0.1) is 23.1 Å². The largest absolute Gasteiger partial charge is 0.340 e. The summed E-state index contributed by atoms with van der Waals surface area (Å²) in [5.74, 6) is 0. The van der Waals surface area contributed by atoms with Gasteiger partial charge in [-0.05, 0) is 0 Å². The highest BCUT2D eigenvalue weighted by Gasteiger charge is 1.97. The Hall–Kier alpha value is -1.56. The highest BCUT2D eigenvalue weighted by Crippen LogP contribution is 2.07. The maximum absolute atomic E-state index is 10.6. The van der Waals surface area contributed by atoms with Crippen LogP contribution in [-0.2, 0) is 0 Å². The standard InChI is InChI=1S/C6H8ClN5O/c1-8-6(13)12-10-3-5-4(7)2-9-11-5/h2-3H,1H3,(H,9,11)(H2,8,12,13). The Labute approximate surface area is 79.4 Å². The van der Waals surface area contributed by atoms with Crippen LogP contribution in [-0.4, -0.2) is 29.5 Å². The molecule has 0 atom stereocenters. The van der Waals surface area contributed by atoms with Crippen molar-refractivity contribution in [2.24, 2.45) is 5.10 Å². The smallest absolute Gasteiger partial charge is 0.334 e. The monoisotopic (exact) mass is 201 g/mol. The number of halogens is 1. The van der Waals surface area contributed by atoms with Gasteiger partial charge in [0.2, 0.25) is 0 Å². The van der Waals surface area contributed by atoms with Gasteiger partial charge in [0.1, 0.15) is 0 Å². The summed E-state index contributed by atoms with van der Waals surface area (Å²) in [7, 11) is 1.49. The average Bonchev–Trinajstić information content (AvgIpc) is 2.52. The lowest BCUT2D eigenvalue weighted by Crippen LogP contribution is -2.28. The van der Waals surface area contributed by atoms with Crippen molar-refractivity contribution in [1.82, 2.24) is 20.9 Å². The van der Waals surface area contributed by atoms with Gasteiger partial charge in [0, 0.05) is 7.05 Å². The lowest BCUT2D eigenvalue weighted by atomic mass is 10.5. The molecule has 0 unspecified atom stereocenters. The number of carbonyl (C=O) groups is 1. The second-order valence-corrected chi connectivity index (χ2v) is 2.49. The highest BCUT2D eigenvalue weighted by atomic mass is 35.5. The molecule has 0 radical (unpaired) electrons. The van der Waals surface area contributed by atoms with E-state index < -0.39 is 6.03 Å². The fourth-order valence-electron chi connectivity index (χ4n) is 0.583. The highest BCUT2D eigenvalue weighted by molar-refractivity contribution is 6.32.